The molecule has 0 aromatic carbocycles. The molecule has 1 heterocycles. The van der Waals surface area contributed by atoms with Crippen molar-refractivity contribution in [3.8, 4) is 0 Å². The van der Waals surface area contributed by atoms with E-state index in [9.17, 15) is 9.59 Å². The molecule has 1 rings (SSSR count). The first kappa shape index (κ1) is 15.0. The number of amides is 2. The molecule has 2 amide bonds. The zero-order valence-corrected chi connectivity index (χ0v) is 11.1. The van der Waals surface area contributed by atoms with Crippen LogP contribution in [0.4, 0.5) is 0 Å². The number of hydrogen-bond donors (Lipinski definition) is 3. The van der Waals surface area contributed by atoms with Gasteiger partial charge in [0, 0.05) is 6.20 Å². The maximum Gasteiger partial charge on any atom is 0.239 e. The zero-order valence-electron chi connectivity index (χ0n) is 11.1. The Hall–Kier alpha value is -2.02. The minimum Gasteiger partial charge on any atom is -0.349 e. The van der Waals surface area contributed by atoms with Crippen molar-refractivity contribution < 1.29 is 9.59 Å². The normalized spacial score (nSPS) is 12.0. The molecule has 0 radical (unpaired) electrons. The van der Waals surface area contributed by atoms with E-state index < -0.39 is 6.04 Å². The molecule has 7 nitrogen and oxygen atoms in total. The lowest BCUT2D eigenvalue weighted by molar-refractivity contribution is -0.127. The summed E-state index contributed by atoms with van der Waals surface area (Å²) in [6, 6.07) is 2.88. The lowest BCUT2D eigenvalue weighted by Crippen LogP contribution is -2.47. The third kappa shape index (κ3) is 5.43. The van der Waals surface area contributed by atoms with E-state index in [0.29, 0.717) is 5.69 Å². The van der Waals surface area contributed by atoms with E-state index in [1.165, 1.54) is 0 Å². The summed E-state index contributed by atoms with van der Waals surface area (Å²) in [6.07, 6.45) is 1.55. The molecular weight excluding hydrogens is 246 g/mol. The second-order valence-electron chi connectivity index (χ2n) is 4.48. The Morgan fingerprint density at radius 2 is 2.11 bits per heavy atom. The van der Waals surface area contributed by atoms with E-state index in [2.05, 4.69) is 20.8 Å². The van der Waals surface area contributed by atoms with Gasteiger partial charge in [-0.05, 0) is 18.1 Å². The van der Waals surface area contributed by atoms with Gasteiger partial charge in [-0.15, -0.1) is 0 Å². The van der Waals surface area contributed by atoms with Crippen molar-refractivity contribution in [1.82, 2.24) is 20.8 Å². The Kier molecular flexibility index (Phi) is 5.87. The van der Waals surface area contributed by atoms with Gasteiger partial charge < -0.3 is 16.4 Å². The molecule has 1 aromatic heterocycles. The molecule has 0 spiro atoms. The number of nitrogens with one attached hydrogen (secondary N) is 2. The van der Waals surface area contributed by atoms with E-state index in [1.54, 1.807) is 18.3 Å². The van der Waals surface area contributed by atoms with Crippen LogP contribution < -0.4 is 16.4 Å². The topological polar surface area (TPSA) is 110 Å². The van der Waals surface area contributed by atoms with Crippen molar-refractivity contribution in [2.45, 2.75) is 26.4 Å². The van der Waals surface area contributed by atoms with Crippen LogP contribution in [0.25, 0.3) is 0 Å². The Bertz CT molecular complexity index is 421. The average molecular weight is 265 g/mol. The van der Waals surface area contributed by atoms with Crippen molar-refractivity contribution in [2.75, 3.05) is 6.54 Å². The predicted molar refractivity (Wildman–Crippen MR) is 69.7 cm³/mol. The van der Waals surface area contributed by atoms with Gasteiger partial charge in [-0.3, -0.25) is 9.59 Å². The highest BCUT2D eigenvalue weighted by Crippen LogP contribution is 1.97. The van der Waals surface area contributed by atoms with E-state index in [1.807, 2.05) is 13.8 Å². The SMILES string of the molecule is CC(C)[C@H](N)C(=O)NCC(=O)NCc1cccnn1. The number of nitrogens with two attached hydrogens (primary N) is 1. The van der Waals surface area contributed by atoms with Gasteiger partial charge in [-0.25, -0.2) is 0 Å². The summed E-state index contributed by atoms with van der Waals surface area (Å²) in [5.74, 6) is -0.595. The molecule has 4 N–H and O–H groups in total. The first-order valence-corrected chi connectivity index (χ1v) is 6.07. The smallest absolute Gasteiger partial charge is 0.239 e. The quantitative estimate of drug-likeness (QED) is 0.623. The third-order valence-corrected chi connectivity index (χ3v) is 2.54. The van der Waals surface area contributed by atoms with Crippen LogP contribution in [0, 0.1) is 5.92 Å². The van der Waals surface area contributed by atoms with Crippen LogP contribution in [0.3, 0.4) is 0 Å². The van der Waals surface area contributed by atoms with Crippen LogP contribution in [0.5, 0.6) is 0 Å². The molecule has 0 saturated carbocycles. The highest BCUT2D eigenvalue weighted by atomic mass is 16.2. The van der Waals surface area contributed by atoms with Crippen LogP contribution in [0.15, 0.2) is 18.3 Å². The molecular formula is C12H19N5O2. The number of hydrogen-bond acceptors (Lipinski definition) is 5. The van der Waals surface area contributed by atoms with Gasteiger partial charge in [0.15, 0.2) is 0 Å². The van der Waals surface area contributed by atoms with Crippen LogP contribution in [0.2, 0.25) is 0 Å². The Balaban J connectivity index is 2.27. The first-order chi connectivity index (χ1) is 9.00. The highest BCUT2D eigenvalue weighted by Gasteiger charge is 2.17. The molecule has 0 saturated heterocycles. The minimum atomic E-state index is -0.604. The second kappa shape index (κ2) is 7.42. The number of nitrogens with zero attached hydrogens (tertiary/aromatic N) is 2. The number of rotatable bonds is 6. The molecule has 0 fully saturated rings. The Morgan fingerprint density at radius 3 is 2.68 bits per heavy atom. The number of aromatic nitrogens is 2. The van der Waals surface area contributed by atoms with Crippen LogP contribution in [-0.2, 0) is 16.1 Å². The maximum atomic E-state index is 11.5. The van der Waals surface area contributed by atoms with Crippen molar-refractivity contribution in [3.05, 3.63) is 24.0 Å². The molecule has 7 heteroatoms. The average Bonchev–Trinajstić information content (AvgIpc) is 2.42. The predicted octanol–water partition coefficient (Wildman–Crippen LogP) is -0.808. The van der Waals surface area contributed by atoms with Crippen molar-refractivity contribution in [1.29, 1.82) is 0 Å². The summed E-state index contributed by atoms with van der Waals surface area (Å²) in [7, 11) is 0. The Morgan fingerprint density at radius 1 is 1.37 bits per heavy atom. The third-order valence-electron chi connectivity index (χ3n) is 2.54. The molecule has 0 unspecified atom stereocenters. The van der Waals surface area contributed by atoms with Gasteiger partial charge in [0.2, 0.25) is 11.8 Å². The van der Waals surface area contributed by atoms with Crippen molar-refractivity contribution in [3.63, 3.8) is 0 Å². The van der Waals surface area contributed by atoms with Gasteiger partial charge >= 0.3 is 0 Å². The molecule has 0 aliphatic carbocycles. The molecule has 104 valence electrons. The molecule has 1 atom stereocenters. The minimum absolute atomic E-state index is 0.0302. The highest BCUT2D eigenvalue weighted by molar-refractivity contribution is 5.87. The van der Waals surface area contributed by atoms with Gasteiger partial charge in [-0.2, -0.15) is 10.2 Å². The molecule has 0 bridgehead atoms. The summed E-state index contributed by atoms with van der Waals surface area (Å²) in [6.45, 7) is 3.87. The monoisotopic (exact) mass is 265 g/mol. The first-order valence-electron chi connectivity index (χ1n) is 6.07. The van der Waals surface area contributed by atoms with Gasteiger partial charge in [0.1, 0.15) is 0 Å². The van der Waals surface area contributed by atoms with Crippen LogP contribution in [-0.4, -0.2) is 34.6 Å². The van der Waals surface area contributed by atoms with Crippen LogP contribution in [0.1, 0.15) is 19.5 Å². The van der Waals surface area contributed by atoms with Crippen LogP contribution >= 0.6 is 0 Å². The maximum absolute atomic E-state index is 11.5. The zero-order chi connectivity index (χ0) is 14.3. The lowest BCUT2D eigenvalue weighted by atomic mass is 10.1. The fourth-order valence-electron chi connectivity index (χ4n) is 1.27. The largest absolute Gasteiger partial charge is 0.349 e. The molecule has 0 aliphatic heterocycles. The molecule has 1 aromatic rings. The van der Waals surface area contributed by atoms with Gasteiger partial charge in [0.25, 0.3) is 0 Å². The fraction of sp³-hybridized carbons (Fsp3) is 0.500. The van der Waals surface area contributed by atoms with E-state index in [4.69, 9.17) is 5.73 Å². The summed E-state index contributed by atoms with van der Waals surface area (Å²) >= 11 is 0. The molecule has 0 aliphatic rings. The summed E-state index contributed by atoms with van der Waals surface area (Å²) in [4.78, 5) is 23.0. The number of carbonyl (C=O) groups is 2. The lowest BCUT2D eigenvalue weighted by Gasteiger charge is -2.15. The number of carbonyl (C=O) groups excluding carboxylic acids is 2. The standard InChI is InChI=1S/C12H19N5O2/c1-8(2)11(13)12(19)15-7-10(18)14-6-9-4-3-5-16-17-9/h3-5,8,11H,6-7,13H2,1-2H3,(H,14,18)(H,15,19)/t11-/m0/s1. The Labute approximate surface area is 112 Å². The van der Waals surface area contributed by atoms with E-state index >= 15 is 0 Å². The summed E-state index contributed by atoms with van der Waals surface area (Å²) < 4.78 is 0. The molecule has 19 heavy (non-hydrogen) atoms. The van der Waals surface area contributed by atoms with Gasteiger partial charge in [-0.1, -0.05) is 13.8 Å². The van der Waals surface area contributed by atoms with Crippen molar-refractivity contribution in [2.24, 2.45) is 11.7 Å². The second-order valence-corrected chi connectivity index (χ2v) is 4.48. The van der Waals surface area contributed by atoms with E-state index in [0.717, 1.165) is 0 Å². The fourth-order valence-corrected chi connectivity index (χ4v) is 1.27. The van der Waals surface area contributed by atoms with Crippen molar-refractivity contribution >= 4 is 11.8 Å². The summed E-state index contributed by atoms with van der Waals surface area (Å²) in [5.41, 5.74) is 6.30. The van der Waals surface area contributed by atoms with E-state index in [-0.39, 0.29) is 30.8 Å². The van der Waals surface area contributed by atoms with Gasteiger partial charge in [0.05, 0.1) is 24.8 Å². The summed E-state index contributed by atoms with van der Waals surface area (Å²) in [5, 5.41) is 12.6.